The molecule has 0 fully saturated rings. The van der Waals surface area contributed by atoms with E-state index in [1.54, 1.807) is 6.26 Å². The molecule has 1 nitrogen and oxygen atoms in total. The van der Waals surface area contributed by atoms with E-state index < -0.39 is 0 Å². The summed E-state index contributed by atoms with van der Waals surface area (Å²) in [5.41, 5.74) is 1.26. The average Bonchev–Trinajstić information content (AvgIpc) is 2.37. The summed E-state index contributed by atoms with van der Waals surface area (Å²) in [7, 11) is 0. The Kier molecular flexibility index (Phi) is 4.08. The molecular formula is C8H11BrOS. The number of hydrogen-bond acceptors (Lipinski definition) is 2. The summed E-state index contributed by atoms with van der Waals surface area (Å²) in [6.45, 7) is 2.19. The van der Waals surface area contributed by atoms with Crippen molar-refractivity contribution >= 4 is 27.7 Å². The lowest BCUT2D eigenvalue weighted by molar-refractivity contribution is 0.539. The molecule has 62 valence electrons. The summed E-state index contributed by atoms with van der Waals surface area (Å²) in [6, 6.07) is 2.02. The zero-order valence-corrected chi connectivity index (χ0v) is 8.87. The first-order valence-electron chi connectivity index (χ1n) is 3.63. The Morgan fingerprint density at radius 3 is 3.00 bits per heavy atom. The normalized spacial score (nSPS) is 10.4. The van der Waals surface area contributed by atoms with Crippen molar-refractivity contribution in [2.45, 2.75) is 19.1 Å². The van der Waals surface area contributed by atoms with Gasteiger partial charge in [-0.25, -0.2) is 0 Å². The summed E-state index contributed by atoms with van der Waals surface area (Å²) in [6.07, 6.45) is 3.04. The van der Waals surface area contributed by atoms with Crippen molar-refractivity contribution in [2.75, 3.05) is 5.75 Å². The number of hydrogen-bond donors (Lipinski definition) is 0. The van der Waals surface area contributed by atoms with E-state index in [9.17, 15) is 0 Å². The minimum atomic E-state index is 0.824. The van der Waals surface area contributed by atoms with Gasteiger partial charge in [-0.1, -0.05) is 6.92 Å². The van der Waals surface area contributed by atoms with Gasteiger partial charge in [-0.15, -0.1) is 0 Å². The molecule has 0 amide bonds. The highest BCUT2D eigenvalue weighted by Gasteiger charge is 1.97. The lowest BCUT2D eigenvalue weighted by Gasteiger charge is -1.93. The highest BCUT2D eigenvalue weighted by atomic mass is 79.9. The Labute approximate surface area is 79.7 Å². The third-order valence-electron chi connectivity index (χ3n) is 1.24. The molecule has 0 aliphatic rings. The van der Waals surface area contributed by atoms with E-state index >= 15 is 0 Å². The van der Waals surface area contributed by atoms with Crippen LogP contribution in [0.2, 0.25) is 0 Å². The van der Waals surface area contributed by atoms with Crippen LogP contribution in [0.3, 0.4) is 0 Å². The maximum absolute atomic E-state index is 5.10. The molecule has 3 heteroatoms. The van der Waals surface area contributed by atoms with Crippen molar-refractivity contribution in [2.24, 2.45) is 0 Å². The highest BCUT2D eigenvalue weighted by molar-refractivity contribution is 9.10. The third kappa shape index (κ3) is 3.34. The van der Waals surface area contributed by atoms with Crippen LogP contribution in [0.15, 0.2) is 21.4 Å². The molecular weight excluding hydrogens is 224 g/mol. The van der Waals surface area contributed by atoms with E-state index in [2.05, 4.69) is 22.9 Å². The van der Waals surface area contributed by atoms with Gasteiger partial charge in [0.1, 0.15) is 0 Å². The summed E-state index contributed by atoms with van der Waals surface area (Å²) in [4.78, 5) is 0. The zero-order chi connectivity index (χ0) is 8.10. The lowest BCUT2D eigenvalue weighted by Crippen LogP contribution is -1.77. The molecule has 1 aromatic heterocycles. The predicted octanol–water partition coefficient (Wildman–Crippen LogP) is 3.69. The quantitative estimate of drug-likeness (QED) is 0.738. The maximum atomic E-state index is 5.10. The lowest BCUT2D eigenvalue weighted by atomic mass is 10.4. The van der Waals surface area contributed by atoms with Gasteiger partial charge in [-0.05, 0) is 34.2 Å². The minimum absolute atomic E-state index is 0.824. The molecule has 0 spiro atoms. The van der Waals surface area contributed by atoms with E-state index in [1.165, 1.54) is 17.7 Å². The molecule has 0 atom stereocenters. The van der Waals surface area contributed by atoms with Gasteiger partial charge in [-0.2, -0.15) is 11.8 Å². The monoisotopic (exact) mass is 234 g/mol. The van der Waals surface area contributed by atoms with Crippen molar-refractivity contribution in [3.63, 3.8) is 0 Å². The molecule has 0 unspecified atom stereocenters. The Hall–Kier alpha value is 0.110. The van der Waals surface area contributed by atoms with Crippen molar-refractivity contribution in [3.8, 4) is 0 Å². The first-order chi connectivity index (χ1) is 5.33. The third-order valence-corrected chi connectivity index (χ3v) is 2.89. The van der Waals surface area contributed by atoms with Crippen LogP contribution in [0.4, 0.5) is 0 Å². The fraction of sp³-hybridized carbons (Fsp3) is 0.500. The Morgan fingerprint density at radius 1 is 1.64 bits per heavy atom. The fourth-order valence-corrected chi connectivity index (χ4v) is 1.96. The average molecular weight is 235 g/mol. The summed E-state index contributed by atoms with van der Waals surface area (Å²) in [5, 5.41) is 0. The number of thioether (sulfide) groups is 1. The van der Waals surface area contributed by atoms with Gasteiger partial charge in [0.15, 0.2) is 4.67 Å². The molecule has 1 aromatic rings. The zero-order valence-electron chi connectivity index (χ0n) is 6.47. The molecule has 0 aromatic carbocycles. The van der Waals surface area contributed by atoms with Crippen LogP contribution in [-0.2, 0) is 5.75 Å². The summed E-state index contributed by atoms with van der Waals surface area (Å²) in [5.74, 6) is 2.28. The van der Waals surface area contributed by atoms with Crippen LogP contribution in [0.25, 0.3) is 0 Å². The standard InChI is InChI=1S/C8H11BrOS/c1-2-3-11-6-7-4-8(9)10-5-7/h4-5H,2-3,6H2,1H3. The smallest absolute Gasteiger partial charge is 0.169 e. The number of halogens is 1. The Balaban J connectivity index is 2.27. The van der Waals surface area contributed by atoms with Gasteiger partial charge >= 0.3 is 0 Å². The van der Waals surface area contributed by atoms with Crippen LogP contribution < -0.4 is 0 Å². The van der Waals surface area contributed by atoms with E-state index in [0.29, 0.717) is 0 Å². The van der Waals surface area contributed by atoms with Crippen molar-refractivity contribution in [3.05, 3.63) is 22.6 Å². The van der Waals surface area contributed by atoms with Gasteiger partial charge < -0.3 is 4.42 Å². The summed E-state index contributed by atoms with van der Waals surface area (Å²) < 4.78 is 5.92. The molecule has 0 aliphatic heterocycles. The van der Waals surface area contributed by atoms with Crippen LogP contribution in [0, 0.1) is 0 Å². The molecule has 0 radical (unpaired) electrons. The largest absolute Gasteiger partial charge is 0.457 e. The molecule has 0 N–H and O–H groups in total. The highest BCUT2D eigenvalue weighted by Crippen LogP contribution is 2.19. The second-order valence-electron chi connectivity index (χ2n) is 2.31. The van der Waals surface area contributed by atoms with Gasteiger partial charge in [0.2, 0.25) is 0 Å². The SMILES string of the molecule is CCCSCc1coc(Br)c1. The van der Waals surface area contributed by atoms with Gasteiger partial charge in [0.25, 0.3) is 0 Å². The molecule has 0 aliphatic carbocycles. The van der Waals surface area contributed by atoms with Crippen molar-refractivity contribution in [1.82, 2.24) is 0 Å². The van der Waals surface area contributed by atoms with Crippen molar-refractivity contribution < 1.29 is 4.42 Å². The molecule has 0 bridgehead atoms. The van der Waals surface area contributed by atoms with Gasteiger partial charge in [0, 0.05) is 11.3 Å². The second-order valence-corrected chi connectivity index (χ2v) is 4.20. The summed E-state index contributed by atoms with van der Waals surface area (Å²) >= 11 is 5.20. The van der Waals surface area contributed by atoms with E-state index in [4.69, 9.17) is 4.42 Å². The first-order valence-corrected chi connectivity index (χ1v) is 5.58. The maximum Gasteiger partial charge on any atom is 0.169 e. The Bertz CT molecular complexity index is 210. The number of rotatable bonds is 4. The number of furan rings is 1. The van der Waals surface area contributed by atoms with Crippen LogP contribution in [0.1, 0.15) is 18.9 Å². The van der Waals surface area contributed by atoms with E-state index in [1.807, 2.05) is 17.8 Å². The minimum Gasteiger partial charge on any atom is -0.457 e. The molecule has 1 rings (SSSR count). The van der Waals surface area contributed by atoms with Crippen LogP contribution in [0.5, 0.6) is 0 Å². The van der Waals surface area contributed by atoms with E-state index in [0.717, 1.165) is 10.4 Å². The van der Waals surface area contributed by atoms with Crippen molar-refractivity contribution in [1.29, 1.82) is 0 Å². The molecule has 0 saturated heterocycles. The first kappa shape index (κ1) is 9.20. The Morgan fingerprint density at radius 2 is 2.45 bits per heavy atom. The predicted molar refractivity (Wildman–Crippen MR) is 52.9 cm³/mol. The van der Waals surface area contributed by atoms with E-state index in [-0.39, 0.29) is 0 Å². The fourth-order valence-electron chi connectivity index (χ4n) is 0.756. The topological polar surface area (TPSA) is 13.1 Å². The second kappa shape index (κ2) is 4.88. The van der Waals surface area contributed by atoms with Crippen LogP contribution in [-0.4, -0.2) is 5.75 Å². The molecule has 0 saturated carbocycles. The van der Waals surface area contributed by atoms with Gasteiger partial charge in [-0.3, -0.25) is 0 Å². The van der Waals surface area contributed by atoms with Crippen LogP contribution >= 0.6 is 27.7 Å². The molecule has 1 heterocycles. The van der Waals surface area contributed by atoms with Gasteiger partial charge in [0.05, 0.1) is 6.26 Å². The molecule has 11 heavy (non-hydrogen) atoms.